The standard InChI is InChI=1S/C12H14N2S/c1-9-3-5-11(6-4-9)14-10(2)12-7-13-8-15-12/h3-8,10,14H,1-2H3. The van der Waals surface area contributed by atoms with Gasteiger partial charge in [-0.2, -0.15) is 0 Å². The molecule has 1 aromatic carbocycles. The topological polar surface area (TPSA) is 24.9 Å². The van der Waals surface area contributed by atoms with Gasteiger partial charge >= 0.3 is 0 Å². The van der Waals surface area contributed by atoms with Gasteiger partial charge in [-0.3, -0.25) is 4.98 Å². The number of nitrogens with one attached hydrogen (secondary N) is 1. The Bertz CT molecular complexity index is 406. The van der Waals surface area contributed by atoms with Gasteiger partial charge < -0.3 is 5.32 Å². The van der Waals surface area contributed by atoms with E-state index in [0.29, 0.717) is 6.04 Å². The predicted octanol–water partition coefficient (Wildman–Crippen LogP) is 3.62. The van der Waals surface area contributed by atoms with Crippen LogP contribution in [0.3, 0.4) is 0 Å². The molecule has 2 rings (SSSR count). The predicted molar refractivity (Wildman–Crippen MR) is 65.3 cm³/mol. The quantitative estimate of drug-likeness (QED) is 0.851. The van der Waals surface area contributed by atoms with Crippen LogP contribution in [0.5, 0.6) is 0 Å². The highest BCUT2D eigenvalue weighted by molar-refractivity contribution is 7.09. The minimum atomic E-state index is 0.320. The zero-order valence-electron chi connectivity index (χ0n) is 8.90. The Kier molecular flexibility index (Phi) is 3.02. The van der Waals surface area contributed by atoms with Crippen molar-refractivity contribution in [3.05, 3.63) is 46.4 Å². The number of aryl methyl sites for hydroxylation is 1. The van der Waals surface area contributed by atoms with E-state index in [9.17, 15) is 0 Å². The van der Waals surface area contributed by atoms with Gasteiger partial charge in [0.15, 0.2) is 0 Å². The lowest BCUT2D eigenvalue weighted by Gasteiger charge is -2.13. The zero-order chi connectivity index (χ0) is 10.7. The van der Waals surface area contributed by atoms with Gasteiger partial charge in [0.25, 0.3) is 0 Å². The van der Waals surface area contributed by atoms with Gasteiger partial charge in [-0.25, -0.2) is 0 Å². The van der Waals surface area contributed by atoms with Crippen LogP contribution in [0.1, 0.15) is 23.4 Å². The SMILES string of the molecule is Cc1ccc(NC(C)c2cncs2)cc1. The summed E-state index contributed by atoms with van der Waals surface area (Å²) in [5.74, 6) is 0. The lowest BCUT2D eigenvalue weighted by molar-refractivity contribution is 0.903. The van der Waals surface area contributed by atoms with Gasteiger partial charge in [0.1, 0.15) is 0 Å². The highest BCUT2D eigenvalue weighted by atomic mass is 32.1. The molecular formula is C12H14N2S. The first-order valence-corrected chi connectivity index (χ1v) is 5.85. The second-order valence-electron chi connectivity index (χ2n) is 3.64. The number of benzene rings is 1. The average Bonchev–Trinajstić information content (AvgIpc) is 2.74. The smallest absolute Gasteiger partial charge is 0.0795 e. The lowest BCUT2D eigenvalue weighted by atomic mass is 10.2. The fraction of sp³-hybridized carbons (Fsp3) is 0.250. The van der Waals surface area contributed by atoms with Crippen LogP contribution in [0.25, 0.3) is 0 Å². The third-order valence-electron chi connectivity index (χ3n) is 2.31. The Morgan fingerprint density at radius 2 is 2.00 bits per heavy atom. The molecule has 2 nitrogen and oxygen atoms in total. The molecule has 1 unspecified atom stereocenters. The summed E-state index contributed by atoms with van der Waals surface area (Å²) in [7, 11) is 0. The van der Waals surface area contributed by atoms with Crippen LogP contribution < -0.4 is 5.32 Å². The molecule has 1 aromatic heterocycles. The molecule has 0 aliphatic carbocycles. The van der Waals surface area contributed by atoms with E-state index < -0.39 is 0 Å². The van der Waals surface area contributed by atoms with Crippen molar-refractivity contribution in [2.45, 2.75) is 19.9 Å². The molecule has 1 atom stereocenters. The normalized spacial score (nSPS) is 12.4. The molecule has 3 heteroatoms. The van der Waals surface area contributed by atoms with Crippen LogP contribution in [0.4, 0.5) is 5.69 Å². The van der Waals surface area contributed by atoms with Crippen LogP contribution in [0.15, 0.2) is 36.0 Å². The van der Waals surface area contributed by atoms with E-state index in [-0.39, 0.29) is 0 Å². The van der Waals surface area contributed by atoms with E-state index in [1.807, 2.05) is 11.7 Å². The van der Waals surface area contributed by atoms with Crippen LogP contribution in [-0.2, 0) is 0 Å². The molecule has 0 spiro atoms. The number of rotatable bonds is 3. The zero-order valence-corrected chi connectivity index (χ0v) is 9.71. The molecule has 0 saturated heterocycles. The summed E-state index contributed by atoms with van der Waals surface area (Å²) >= 11 is 1.68. The summed E-state index contributed by atoms with van der Waals surface area (Å²) in [6, 6.07) is 8.75. The van der Waals surface area contributed by atoms with Gasteiger partial charge in [0.2, 0.25) is 0 Å². The highest BCUT2D eigenvalue weighted by Gasteiger charge is 2.05. The fourth-order valence-corrected chi connectivity index (χ4v) is 2.04. The van der Waals surface area contributed by atoms with Gasteiger partial charge in [-0.05, 0) is 26.0 Å². The van der Waals surface area contributed by atoms with Crippen LogP contribution >= 0.6 is 11.3 Å². The highest BCUT2D eigenvalue weighted by Crippen LogP contribution is 2.21. The van der Waals surface area contributed by atoms with E-state index in [1.54, 1.807) is 11.3 Å². The van der Waals surface area contributed by atoms with Crippen molar-refractivity contribution in [1.82, 2.24) is 4.98 Å². The third kappa shape index (κ3) is 2.57. The maximum atomic E-state index is 4.08. The monoisotopic (exact) mass is 218 g/mol. The largest absolute Gasteiger partial charge is 0.378 e. The Labute approximate surface area is 94.0 Å². The van der Waals surface area contributed by atoms with E-state index >= 15 is 0 Å². The lowest BCUT2D eigenvalue weighted by Crippen LogP contribution is -2.04. The maximum absolute atomic E-state index is 4.08. The molecule has 0 aliphatic heterocycles. The molecule has 15 heavy (non-hydrogen) atoms. The van der Waals surface area contributed by atoms with Crippen molar-refractivity contribution < 1.29 is 0 Å². The summed E-state index contributed by atoms with van der Waals surface area (Å²) in [5, 5.41) is 3.44. The van der Waals surface area contributed by atoms with Gasteiger partial charge in [-0.1, -0.05) is 17.7 Å². The van der Waals surface area contributed by atoms with Crippen molar-refractivity contribution >= 4 is 17.0 Å². The first-order chi connectivity index (χ1) is 7.25. The summed E-state index contributed by atoms with van der Waals surface area (Å²) < 4.78 is 0. The molecule has 0 aliphatic rings. The van der Waals surface area contributed by atoms with Crippen LogP contribution in [-0.4, -0.2) is 4.98 Å². The minimum absolute atomic E-state index is 0.320. The van der Waals surface area contributed by atoms with E-state index in [1.165, 1.54) is 10.4 Å². The number of aromatic nitrogens is 1. The third-order valence-corrected chi connectivity index (χ3v) is 3.27. The van der Waals surface area contributed by atoms with E-state index in [0.717, 1.165) is 5.69 Å². The van der Waals surface area contributed by atoms with E-state index in [2.05, 4.69) is 48.4 Å². The van der Waals surface area contributed by atoms with Crippen LogP contribution in [0, 0.1) is 6.92 Å². The minimum Gasteiger partial charge on any atom is -0.378 e. The number of hydrogen-bond donors (Lipinski definition) is 1. The molecule has 1 heterocycles. The van der Waals surface area contributed by atoms with Crippen molar-refractivity contribution in [3.63, 3.8) is 0 Å². The molecule has 2 aromatic rings. The number of hydrogen-bond acceptors (Lipinski definition) is 3. The van der Waals surface area contributed by atoms with Gasteiger partial charge in [0, 0.05) is 16.8 Å². The molecular weight excluding hydrogens is 204 g/mol. The van der Waals surface area contributed by atoms with Crippen molar-refractivity contribution in [2.24, 2.45) is 0 Å². The average molecular weight is 218 g/mol. The van der Waals surface area contributed by atoms with E-state index in [4.69, 9.17) is 0 Å². The first-order valence-electron chi connectivity index (χ1n) is 4.97. The maximum Gasteiger partial charge on any atom is 0.0795 e. The molecule has 0 fully saturated rings. The Morgan fingerprint density at radius 1 is 1.27 bits per heavy atom. The van der Waals surface area contributed by atoms with Crippen molar-refractivity contribution in [3.8, 4) is 0 Å². The van der Waals surface area contributed by atoms with Gasteiger partial charge in [0.05, 0.1) is 11.6 Å². The second-order valence-corrected chi connectivity index (χ2v) is 4.55. The molecule has 78 valence electrons. The first kappa shape index (κ1) is 10.2. The van der Waals surface area contributed by atoms with Gasteiger partial charge in [-0.15, -0.1) is 11.3 Å². The number of anilines is 1. The summed E-state index contributed by atoms with van der Waals surface area (Å²) in [4.78, 5) is 5.34. The molecule has 0 amide bonds. The van der Waals surface area contributed by atoms with Crippen molar-refractivity contribution in [1.29, 1.82) is 0 Å². The van der Waals surface area contributed by atoms with Crippen molar-refractivity contribution in [2.75, 3.05) is 5.32 Å². The number of thiazole rings is 1. The number of nitrogens with zero attached hydrogens (tertiary/aromatic N) is 1. The summed E-state index contributed by atoms with van der Waals surface area (Å²) in [5.41, 5.74) is 4.30. The fourth-order valence-electron chi connectivity index (χ4n) is 1.41. The molecule has 0 radical (unpaired) electrons. The van der Waals surface area contributed by atoms with Crippen LogP contribution in [0.2, 0.25) is 0 Å². The Morgan fingerprint density at radius 3 is 2.60 bits per heavy atom. The Balaban J connectivity index is 2.06. The Hall–Kier alpha value is -1.35. The molecule has 1 N–H and O–H groups in total. The molecule has 0 bridgehead atoms. The second kappa shape index (κ2) is 4.45. The molecule has 0 saturated carbocycles. The summed E-state index contributed by atoms with van der Waals surface area (Å²) in [6.45, 7) is 4.24. The summed E-state index contributed by atoms with van der Waals surface area (Å²) in [6.07, 6.45) is 1.91.